The highest BCUT2D eigenvalue weighted by Crippen LogP contribution is 2.32. The molecule has 0 atom stereocenters. The van der Waals surface area contributed by atoms with Gasteiger partial charge < -0.3 is 9.88 Å². The lowest BCUT2D eigenvalue weighted by Crippen LogP contribution is -2.35. The number of aromatic amines is 1. The van der Waals surface area contributed by atoms with Gasteiger partial charge in [0, 0.05) is 52.8 Å². The monoisotopic (exact) mass is 367 g/mol. The Morgan fingerprint density at radius 3 is 3.04 bits per heavy atom. The number of carbonyl (C=O) groups is 1. The Hall–Kier alpha value is -2.37. The van der Waals surface area contributed by atoms with E-state index in [2.05, 4.69) is 9.97 Å². The Labute approximate surface area is 153 Å². The number of amides is 1. The molecule has 25 heavy (non-hydrogen) atoms. The zero-order valence-electron chi connectivity index (χ0n) is 13.3. The van der Waals surface area contributed by atoms with Crippen LogP contribution in [0.2, 0.25) is 5.02 Å². The minimum atomic E-state index is 0.107. The predicted octanol–water partition coefficient (Wildman–Crippen LogP) is 4.63. The average Bonchev–Trinajstić information content (AvgIpc) is 3.28. The second-order valence-electron chi connectivity index (χ2n) is 6.24. The Balaban J connectivity index is 1.60. The van der Waals surface area contributed by atoms with Crippen molar-refractivity contribution < 1.29 is 4.79 Å². The molecule has 1 amide bonds. The van der Waals surface area contributed by atoms with Gasteiger partial charge in [0.1, 0.15) is 0 Å². The number of H-pyrrole nitrogens is 1. The normalized spacial score (nSPS) is 14.2. The van der Waals surface area contributed by atoms with E-state index in [1.54, 1.807) is 0 Å². The third-order valence-corrected chi connectivity index (χ3v) is 5.89. The molecule has 0 saturated heterocycles. The number of hydrogen-bond acceptors (Lipinski definition) is 3. The molecule has 6 heteroatoms. The summed E-state index contributed by atoms with van der Waals surface area (Å²) in [6, 6.07) is 9.57. The van der Waals surface area contributed by atoms with Gasteiger partial charge in [-0.15, -0.1) is 11.3 Å². The van der Waals surface area contributed by atoms with Crippen molar-refractivity contribution in [2.24, 2.45) is 0 Å². The lowest BCUT2D eigenvalue weighted by Gasteiger charge is -2.26. The van der Waals surface area contributed by atoms with Crippen LogP contribution >= 0.6 is 22.9 Å². The molecular weight excluding hydrogens is 354 g/mol. The van der Waals surface area contributed by atoms with Gasteiger partial charge in [-0.25, -0.2) is 0 Å². The molecule has 3 aromatic heterocycles. The SMILES string of the molecule is O=C(c1cccs1)N1CCc2[nH]c3c(cnc4cc(Cl)ccc43)c2C1. The molecule has 124 valence electrons. The molecule has 0 radical (unpaired) electrons. The molecule has 4 aromatic rings. The van der Waals surface area contributed by atoms with Crippen molar-refractivity contribution in [2.45, 2.75) is 13.0 Å². The standard InChI is InChI=1S/C19H14ClN3OS/c20-11-3-4-12-16(8-11)21-9-13-14-10-23(6-5-15(14)22-18(12)13)19(24)17-2-1-7-25-17/h1-4,7-9,22H,5-6,10H2. The highest BCUT2D eigenvalue weighted by Gasteiger charge is 2.25. The highest BCUT2D eigenvalue weighted by atomic mass is 35.5. The number of thiophene rings is 1. The summed E-state index contributed by atoms with van der Waals surface area (Å²) in [4.78, 5) is 23.5. The number of fused-ring (bicyclic) bond motifs is 5. The van der Waals surface area contributed by atoms with Crippen LogP contribution in [0.3, 0.4) is 0 Å². The number of nitrogens with one attached hydrogen (secondary N) is 1. The summed E-state index contributed by atoms with van der Waals surface area (Å²) in [6.07, 6.45) is 2.72. The van der Waals surface area contributed by atoms with Gasteiger partial charge in [0.25, 0.3) is 5.91 Å². The van der Waals surface area contributed by atoms with Gasteiger partial charge >= 0.3 is 0 Å². The lowest BCUT2D eigenvalue weighted by atomic mass is 10.0. The number of aromatic nitrogens is 2. The zero-order chi connectivity index (χ0) is 17.0. The molecule has 0 spiro atoms. The van der Waals surface area contributed by atoms with Crippen LogP contribution in [0.1, 0.15) is 20.9 Å². The van der Waals surface area contributed by atoms with E-state index >= 15 is 0 Å². The number of carbonyl (C=O) groups excluding carboxylic acids is 1. The van der Waals surface area contributed by atoms with Crippen LogP contribution in [0, 0.1) is 0 Å². The van der Waals surface area contributed by atoms with Crippen LogP contribution in [0.25, 0.3) is 21.8 Å². The van der Waals surface area contributed by atoms with Gasteiger partial charge in [-0.2, -0.15) is 0 Å². The number of pyridine rings is 1. The Kier molecular flexibility index (Phi) is 3.33. The van der Waals surface area contributed by atoms with Crippen LogP contribution in [0.5, 0.6) is 0 Å². The summed E-state index contributed by atoms with van der Waals surface area (Å²) < 4.78 is 0. The first-order valence-corrected chi connectivity index (χ1v) is 9.37. The largest absolute Gasteiger partial charge is 0.357 e. The van der Waals surface area contributed by atoms with E-state index in [4.69, 9.17) is 11.6 Å². The molecule has 5 rings (SSSR count). The van der Waals surface area contributed by atoms with Crippen molar-refractivity contribution in [3.05, 3.63) is 63.1 Å². The number of halogens is 1. The van der Waals surface area contributed by atoms with Gasteiger partial charge in [-0.05, 0) is 29.6 Å². The summed E-state index contributed by atoms with van der Waals surface area (Å²) in [5.74, 6) is 0.107. The van der Waals surface area contributed by atoms with Crippen molar-refractivity contribution >= 4 is 50.7 Å². The molecule has 1 N–H and O–H groups in total. The van der Waals surface area contributed by atoms with Gasteiger partial charge in [-0.1, -0.05) is 17.7 Å². The summed E-state index contributed by atoms with van der Waals surface area (Å²) >= 11 is 7.57. The molecule has 1 aliphatic heterocycles. The Morgan fingerprint density at radius 1 is 1.28 bits per heavy atom. The summed E-state index contributed by atoms with van der Waals surface area (Å²) in [5.41, 5.74) is 4.34. The smallest absolute Gasteiger partial charge is 0.264 e. The zero-order valence-corrected chi connectivity index (χ0v) is 14.8. The molecule has 1 aliphatic rings. The maximum absolute atomic E-state index is 12.7. The topological polar surface area (TPSA) is 49.0 Å². The van der Waals surface area contributed by atoms with Crippen LogP contribution in [0.4, 0.5) is 0 Å². The van der Waals surface area contributed by atoms with Crippen LogP contribution in [-0.2, 0) is 13.0 Å². The van der Waals surface area contributed by atoms with Crippen molar-refractivity contribution in [2.75, 3.05) is 6.54 Å². The average molecular weight is 368 g/mol. The molecule has 0 unspecified atom stereocenters. The van der Waals surface area contributed by atoms with Gasteiger partial charge in [0.05, 0.1) is 15.9 Å². The summed E-state index contributed by atoms with van der Waals surface area (Å²) in [7, 11) is 0. The maximum Gasteiger partial charge on any atom is 0.264 e. The number of rotatable bonds is 1. The van der Waals surface area contributed by atoms with E-state index in [1.807, 2.05) is 46.8 Å². The highest BCUT2D eigenvalue weighted by molar-refractivity contribution is 7.12. The molecule has 0 saturated carbocycles. The summed E-state index contributed by atoms with van der Waals surface area (Å²) in [5, 5.41) is 4.78. The van der Waals surface area contributed by atoms with Crippen molar-refractivity contribution in [3.63, 3.8) is 0 Å². The van der Waals surface area contributed by atoms with E-state index in [9.17, 15) is 4.79 Å². The first-order valence-electron chi connectivity index (χ1n) is 8.11. The van der Waals surface area contributed by atoms with Gasteiger partial charge in [0.2, 0.25) is 0 Å². The van der Waals surface area contributed by atoms with Gasteiger partial charge in [0.15, 0.2) is 0 Å². The second-order valence-corrected chi connectivity index (χ2v) is 7.63. The fourth-order valence-corrected chi connectivity index (χ4v) is 4.42. The van der Waals surface area contributed by atoms with Crippen LogP contribution in [-0.4, -0.2) is 27.3 Å². The van der Waals surface area contributed by atoms with Crippen molar-refractivity contribution in [3.8, 4) is 0 Å². The van der Waals surface area contributed by atoms with Crippen molar-refractivity contribution in [1.82, 2.24) is 14.9 Å². The Morgan fingerprint density at radius 2 is 2.20 bits per heavy atom. The van der Waals surface area contributed by atoms with Crippen LogP contribution in [0.15, 0.2) is 41.9 Å². The van der Waals surface area contributed by atoms with E-state index in [1.165, 1.54) is 22.6 Å². The third kappa shape index (κ3) is 2.34. The van der Waals surface area contributed by atoms with Gasteiger partial charge in [-0.3, -0.25) is 9.78 Å². The minimum absolute atomic E-state index is 0.107. The first-order chi connectivity index (χ1) is 12.2. The second kappa shape index (κ2) is 5.58. The number of hydrogen-bond donors (Lipinski definition) is 1. The predicted molar refractivity (Wildman–Crippen MR) is 101 cm³/mol. The fourth-order valence-electron chi connectivity index (χ4n) is 3.56. The lowest BCUT2D eigenvalue weighted by molar-refractivity contribution is 0.0740. The van der Waals surface area contributed by atoms with E-state index in [0.29, 0.717) is 11.6 Å². The molecule has 0 bridgehead atoms. The maximum atomic E-state index is 12.7. The first kappa shape index (κ1) is 14.9. The fraction of sp³-hybridized carbons (Fsp3) is 0.158. The molecule has 4 nitrogen and oxygen atoms in total. The van der Waals surface area contributed by atoms with E-state index in [0.717, 1.165) is 39.6 Å². The molecule has 1 aromatic carbocycles. The minimum Gasteiger partial charge on any atom is -0.357 e. The number of benzene rings is 1. The summed E-state index contributed by atoms with van der Waals surface area (Å²) in [6.45, 7) is 1.35. The van der Waals surface area contributed by atoms with Crippen LogP contribution < -0.4 is 0 Å². The molecule has 0 fully saturated rings. The third-order valence-electron chi connectivity index (χ3n) is 4.80. The van der Waals surface area contributed by atoms with E-state index < -0.39 is 0 Å². The number of nitrogens with zero attached hydrogens (tertiary/aromatic N) is 2. The van der Waals surface area contributed by atoms with Crippen molar-refractivity contribution in [1.29, 1.82) is 0 Å². The Bertz CT molecular complexity index is 1120. The van der Waals surface area contributed by atoms with E-state index in [-0.39, 0.29) is 5.91 Å². The molecule has 0 aliphatic carbocycles. The molecular formula is C19H14ClN3OS. The quantitative estimate of drug-likeness (QED) is 0.533. The molecule has 4 heterocycles.